The van der Waals surface area contributed by atoms with Crippen molar-refractivity contribution >= 4 is 17.7 Å². The highest BCUT2D eigenvalue weighted by Gasteiger charge is 2.46. The van der Waals surface area contributed by atoms with Gasteiger partial charge >= 0.3 is 11.9 Å². The van der Waals surface area contributed by atoms with Crippen molar-refractivity contribution < 1.29 is 23.7 Å². The van der Waals surface area contributed by atoms with E-state index in [0.717, 1.165) is 4.90 Å². The molecule has 1 aromatic carbocycles. The summed E-state index contributed by atoms with van der Waals surface area (Å²) in [5.74, 6) is -2.00. The zero-order valence-electron chi connectivity index (χ0n) is 14.7. The van der Waals surface area contributed by atoms with E-state index in [1.807, 2.05) is 51.1 Å². The van der Waals surface area contributed by atoms with Gasteiger partial charge in [-0.05, 0) is 39.8 Å². The Balaban J connectivity index is 3.17. The van der Waals surface area contributed by atoms with Crippen molar-refractivity contribution in [1.82, 2.24) is 0 Å². The monoisotopic (exact) mass is 354 g/mol. The van der Waals surface area contributed by atoms with Gasteiger partial charge in [0.25, 0.3) is 0 Å². The van der Waals surface area contributed by atoms with Gasteiger partial charge in [0.05, 0.1) is 0 Å². The average Bonchev–Trinajstić information content (AvgIpc) is 2.55. The minimum Gasteiger partial charge on any atom is -0.439 e. The standard InChI is InChI=1S/C18H26O5S/c1-6-20-18(21-7-2,22-8-3)17(23-16(19)14(4)5)24-15-12-10-9-11-13-15/h9-13,17H,4,6-8H2,1-3,5H3. The smallest absolute Gasteiger partial charge is 0.334 e. The Hall–Kier alpha value is -1.34. The highest BCUT2D eigenvalue weighted by molar-refractivity contribution is 7.99. The Kier molecular flexibility index (Phi) is 9.07. The van der Waals surface area contributed by atoms with E-state index in [-0.39, 0.29) is 0 Å². The number of carbonyl (C=O) groups excluding carboxylic acids is 1. The van der Waals surface area contributed by atoms with Crippen molar-refractivity contribution in [2.75, 3.05) is 19.8 Å². The van der Waals surface area contributed by atoms with Crippen LogP contribution in [0.4, 0.5) is 0 Å². The lowest BCUT2D eigenvalue weighted by Gasteiger charge is -2.37. The average molecular weight is 354 g/mol. The first-order valence-corrected chi connectivity index (χ1v) is 8.87. The summed E-state index contributed by atoms with van der Waals surface area (Å²) in [6.45, 7) is 11.7. The number of hydrogen-bond donors (Lipinski definition) is 0. The summed E-state index contributed by atoms with van der Waals surface area (Å²) in [6, 6.07) is 9.56. The van der Waals surface area contributed by atoms with E-state index < -0.39 is 17.4 Å². The summed E-state index contributed by atoms with van der Waals surface area (Å²) < 4.78 is 22.8. The van der Waals surface area contributed by atoms with Gasteiger partial charge in [-0.25, -0.2) is 4.79 Å². The highest BCUT2D eigenvalue weighted by Crippen LogP contribution is 2.36. The van der Waals surface area contributed by atoms with Crippen molar-refractivity contribution in [2.45, 2.75) is 44.0 Å². The molecule has 134 valence electrons. The van der Waals surface area contributed by atoms with E-state index in [2.05, 4.69) is 6.58 Å². The van der Waals surface area contributed by atoms with E-state index in [0.29, 0.717) is 25.4 Å². The van der Waals surface area contributed by atoms with Crippen LogP contribution in [0, 0.1) is 0 Å². The molecule has 0 saturated heterocycles. The van der Waals surface area contributed by atoms with Gasteiger partial charge in [-0.15, -0.1) is 0 Å². The maximum Gasteiger partial charge on any atom is 0.334 e. The number of carbonyl (C=O) groups is 1. The molecule has 5 nitrogen and oxygen atoms in total. The molecule has 0 saturated carbocycles. The van der Waals surface area contributed by atoms with Crippen molar-refractivity contribution in [3.05, 3.63) is 42.5 Å². The van der Waals surface area contributed by atoms with Crippen LogP contribution in [0.25, 0.3) is 0 Å². The van der Waals surface area contributed by atoms with Gasteiger partial charge in [-0.1, -0.05) is 36.5 Å². The summed E-state index contributed by atoms with van der Waals surface area (Å²) in [6.07, 6.45) is 0. The van der Waals surface area contributed by atoms with Gasteiger partial charge in [0.2, 0.25) is 5.44 Å². The lowest BCUT2D eigenvalue weighted by molar-refractivity contribution is -0.395. The molecule has 1 aromatic rings. The lowest BCUT2D eigenvalue weighted by atomic mass is 10.4. The Morgan fingerprint density at radius 2 is 1.58 bits per heavy atom. The normalized spacial score (nSPS) is 12.7. The van der Waals surface area contributed by atoms with Crippen LogP contribution in [-0.2, 0) is 23.7 Å². The third-order valence-corrected chi connectivity index (χ3v) is 4.02. The van der Waals surface area contributed by atoms with Crippen LogP contribution in [0.2, 0.25) is 0 Å². The number of esters is 1. The van der Waals surface area contributed by atoms with Crippen LogP contribution in [0.15, 0.2) is 47.4 Å². The molecular weight excluding hydrogens is 328 g/mol. The maximum absolute atomic E-state index is 12.1. The van der Waals surface area contributed by atoms with Gasteiger partial charge in [-0.3, -0.25) is 0 Å². The molecule has 0 radical (unpaired) electrons. The second kappa shape index (κ2) is 10.5. The SMILES string of the molecule is C=C(C)C(=O)OC(Sc1ccccc1)C(OCC)(OCC)OCC. The zero-order chi connectivity index (χ0) is 18.0. The summed E-state index contributed by atoms with van der Waals surface area (Å²) in [5.41, 5.74) is -0.545. The summed E-state index contributed by atoms with van der Waals surface area (Å²) in [5, 5.41) is 0. The Bertz CT molecular complexity index is 500. The van der Waals surface area contributed by atoms with E-state index >= 15 is 0 Å². The van der Waals surface area contributed by atoms with Crippen molar-refractivity contribution in [3.63, 3.8) is 0 Å². The molecule has 0 spiro atoms. The molecule has 0 fully saturated rings. The molecule has 0 bridgehead atoms. The molecule has 0 aliphatic rings. The largest absolute Gasteiger partial charge is 0.439 e. The molecule has 0 amide bonds. The van der Waals surface area contributed by atoms with E-state index in [1.54, 1.807) is 6.92 Å². The Morgan fingerprint density at radius 3 is 2.00 bits per heavy atom. The molecule has 0 aromatic heterocycles. The quantitative estimate of drug-likeness (QED) is 0.259. The molecule has 1 unspecified atom stereocenters. The second-order valence-electron chi connectivity index (χ2n) is 4.85. The lowest BCUT2D eigenvalue weighted by Crippen LogP contribution is -2.50. The highest BCUT2D eigenvalue weighted by atomic mass is 32.2. The Labute approximate surface area is 148 Å². The fraction of sp³-hybridized carbons (Fsp3) is 0.500. The van der Waals surface area contributed by atoms with Crippen molar-refractivity contribution in [3.8, 4) is 0 Å². The number of rotatable bonds is 11. The molecule has 24 heavy (non-hydrogen) atoms. The van der Waals surface area contributed by atoms with Crippen LogP contribution in [0.5, 0.6) is 0 Å². The second-order valence-corrected chi connectivity index (χ2v) is 5.99. The summed E-state index contributed by atoms with van der Waals surface area (Å²) >= 11 is 1.30. The first-order chi connectivity index (χ1) is 11.5. The molecule has 0 N–H and O–H groups in total. The van der Waals surface area contributed by atoms with Crippen LogP contribution in [0.1, 0.15) is 27.7 Å². The molecule has 0 aliphatic carbocycles. The fourth-order valence-electron chi connectivity index (χ4n) is 1.92. The number of hydrogen-bond acceptors (Lipinski definition) is 6. The van der Waals surface area contributed by atoms with E-state index in [1.165, 1.54) is 11.8 Å². The number of ether oxygens (including phenoxy) is 4. The Morgan fingerprint density at radius 1 is 1.08 bits per heavy atom. The summed E-state index contributed by atoms with van der Waals surface area (Å²) in [4.78, 5) is 13.0. The van der Waals surface area contributed by atoms with Gasteiger partial charge < -0.3 is 18.9 Å². The molecule has 1 atom stereocenters. The van der Waals surface area contributed by atoms with Crippen LogP contribution in [0.3, 0.4) is 0 Å². The van der Waals surface area contributed by atoms with Gasteiger partial charge in [0.1, 0.15) is 0 Å². The maximum atomic E-state index is 12.1. The van der Waals surface area contributed by atoms with Gasteiger partial charge in [0.15, 0.2) is 0 Å². The zero-order valence-corrected chi connectivity index (χ0v) is 15.6. The van der Waals surface area contributed by atoms with Crippen LogP contribution in [-0.4, -0.2) is 37.2 Å². The topological polar surface area (TPSA) is 54.0 Å². The van der Waals surface area contributed by atoms with Crippen molar-refractivity contribution in [1.29, 1.82) is 0 Å². The van der Waals surface area contributed by atoms with E-state index in [9.17, 15) is 4.79 Å². The van der Waals surface area contributed by atoms with Crippen LogP contribution >= 0.6 is 11.8 Å². The minimum atomic E-state index is -1.48. The van der Waals surface area contributed by atoms with Crippen molar-refractivity contribution in [2.24, 2.45) is 0 Å². The number of benzene rings is 1. The molecule has 1 rings (SSSR count). The summed E-state index contributed by atoms with van der Waals surface area (Å²) in [7, 11) is 0. The molecular formula is C18H26O5S. The first-order valence-electron chi connectivity index (χ1n) is 7.99. The first kappa shape index (κ1) is 20.7. The molecule has 0 heterocycles. The third kappa shape index (κ3) is 5.94. The fourth-order valence-corrected chi connectivity index (χ4v) is 2.97. The number of thioether (sulfide) groups is 1. The minimum absolute atomic E-state index is 0.298. The van der Waals surface area contributed by atoms with E-state index in [4.69, 9.17) is 18.9 Å². The van der Waals surface area contributed by atoms with Crippen LogP contribution < -0.4 is 0 Å². The predicted octanol–water partition coefficient (Wildman–Crippen LogP) is 3.99. The van der Waals surface area contributed by atoms with Gasteiger partial charge in [-0.2, -0.15) is 0 Å². The predicted molar refractivity (Wildman–Crippen MR) is 94.6 cm³/mol. The third-order valence-electron chi connectivity index (χ3n) is 2.87. The molecule has 0 aliphatic heterocycles. The molecule has 6 heteroatoms. The van der Waals surface area contributed by atoms with Gasteiger partial charge in [0, 0.05) is 30.3 Å².